The highest BCUT2D eigenvalue weighted by Crippen LogP contribution is 2.20. The van der Waals surface area contributed by atoms with Crippen molar-refractivity contribution in [3.8, 4) is 0 Å². The SMILES string of the molecule is CC(=O)N[C@H]1CC(=O)CC[C@@H]1Cl. The van der Waals surface area contributed by atoms with E-state index in [1.165, 1.54) is 6.92 Å². The van der Waals surface area contributed by atoms with Gasteiger partial charge in [0.15, 0.2) is 0 Å². The van der Waals surface area contributed by atoms with E-state index >= 15 is 0 Å². The topological polar surface area (TPSA) is 46.2 Å². The molecule has 0 aromatic heterocycles. The lowest BCUT2D eigenvalue weighted by Gasteiger charge is -2.26. The molecule has 1 N–H and O–H groups in total. The summed E-state index contributed by atoms with van der Waals surface area (Å²) in [4.78, 5) is 21.7. The van der Waals surface area contributed by atoms with Gasteiger partial charge in [-0.15, -0.1) is 11.6 Å². The lowest BCUT2D eigenvalue weighted by atomic mass is 9.94. The molecule has 0 aromatic rings. The molecule has 1 aliphatic carbocycles. The Balaban J connectivity index is 2.49. The molecular formula is C8H12ClNO2. The van der Waals surface area contributed by atoms with Crippen LogP contribution in [0.15, 0.2) is 0 Å². The number of Topliss-reactive ketones (excluding diaryl/α,β-unsaturated/α-hetero) is 1. The first-order valence-corrected chi connectivity index (χ1v) is 4.46. The molecule has 2 atom stereocenters. The minimum absolute atomic E-state index is 0.0911. The zero-order valence-electron chi connectivity index (χ0n) is 6.97. The maximum atomic E-state index is 11.0. The number of hydrogen-bond donors (Lipinski definition) is 1. The third-order valence-corrected chi connectivity index (χ3v) is 2.49. The summed E-state index contributed by atoms with van der Waals surface area (Å²) in [6.45, 7) is 1.43. The second-order valence-electron chi connectivity index (χ2n) is 3.10. The van der Waals surface area contributed by atoms with Crippen molar-refractivity contribution >= 4 is 23.3 Å². The van der Waals surface area contributed by atoms with Crippen molar-refractivity contribution in [2.45, 2.75) is 37.6 Å². The van der Waals surface area contributed by atoms with Crippen LogP contribution in [-0.2, 0) is 9.59 Å². The van der Waals surface area contributed by atoms with Gasteiger partial charge < -0.3 is 5.32 Å². The van der Waals surface area contributed by atoms with E-state index in [1.54, 1.807) is 0 Å². The van der Waals surface area contributed by atoms with Crippen molar-refractivity contribution in [3.63, 3.8) is 0 Å². The zero-order valence-corrected chi connectivity index (χ0v) is 7.73. The number of carbonyl (C=O) groups is 2. The number of rotatable bonds is 1. The van der Waals surface area contributed by atoms with E-state index in [9.17, 15) is 9.59 Å². The normalized spacial score (nSPS) is 30.0. The molecule has 0 spiro atoms. The first-order valence-electron chi connectivity index (χ1n) is 4.02. The molecule has 0 aromatic carbocycles. The maximum absolute atomic E-state index is 11.0. The van der Waals surface area contributed by atoms with Gasteiger partial charge in [0, 0.05) is 19.8 Å². The second kappa shape index (κ2) is 3.90. The lowest BCUT2D eigenvalue weighted by Crippen LogP contribution is -2.44. The Morgan fingerprint density at radius 3 is 2.92 bits per heavy atom. The van der Waals surface area contributed by atoms with Crippen LogP contribution in [-0.4, -0.2) is 23.1 Å². The van der Waals surface area contributed by atoms with Gasteiger partial charge in [-0.3, -0.25) is 9.59 Å². The van der Waals surface area contributed by atoms with Crippen LogP contribution in [0, 0.1) is 0 Å². The van der Waals surface area contributed by atoms with Crippen LogP contribution in [0.2, 0.25) is 0 Å². The van der Waals surface area contributed by atoms with Crippen LogP contribution in [0.5, 0.6) is 0 Å². The molecule has 0 radical (unpaired) electrons. The number of carbonyl (C=O) groups excluding carboxylic acids is 2. The van der Waals surface area contributed by atoms with Gasteiger partial charge in [0.2, 0.25) is 5.91 Å². The largest absolute Gasteiger partial charge is 0.352 e. The molecule has 1 rings (SSSR count). The van der Waals surface area contributed by atoms with Crippen LogP contribution in [0.3, 0.4) is 0 Å². The summed E-state index contributed by atoms with van der Waals surface area (Å²) >= 11 is 5.93. The number of ketones is 1. The highest BCUT2D eigenvalue weighted by Gasteiger charge is 2.27. The van der Waals surface area contributed by atoms with Crippen molar-refractivity contribution in [1.82, 2.24) is 5.32 Å². The van der Waals surface area contributed by atoms with E-state index in [1.807, 2.05) is 0 Å². The summed E-state index contributed by atoms with van der Waals surface area (Å²) in [5.41, 5.74) is 0. The molecule has 68 valence electrons. The number of halogens is 1. The number of nitrogens with one attached hydrogen (secondary N) is 1. The fourth-order valence-corrected chi connectivity index (χ4v) is 1.64. The van der Waals surface area contributed by atoms with Crippen LogP contribution in [0.1, 0.15) is 26.2 Å². The van der Waals surface area contributed by atoms with Crippen LogP contribution >= 0.6 is 11.6 Å². The molecule has 1 aliphatic rings. The van der Waals surface area contributed by atoms with Crippen molar-refractivity contribution < 1.29 is 9.59 Å². The predicted molar refractivity (Wildman–Crippen MR) is 46.1 cm³/mol. The van der Waals surface area contributed by atoms with Crippen molar-refractivity contribution in [2.24, 2.45) is 0 Å². The molecule has 4 heteroatoms. The summed E-state index contributed by atoms with van der Waals surface area (Å²) in [5, 5.41) is 2.58. The van der Waals surface area contributed by atoms with Gasteiger partial charge in [-0.05, 0) is 6.42 Å². The smallest absolute Gasteiger partial charge is 0.217 e. The molecule has 0 unspecified atom stereocenters. The standard InChI is InChI=1S/C8H12ClNO2/c1-5(11)10-8-4-6(12)2-3-7(8)9/h7-8H,2-4H2,1H3,(H,10,11)/t7-,8-/m0/s1. The summed E-state index contributed by atoms with van der Waals surface area (Å²) in [7, 11) is 0. The molecule has 3 nitrogen and oxygen atoms in total. The van der Waals surface area contributed by atoms with Gasteiger partial charge in [-0.2, -0.15) is 0 Å². The number of hydrogen-bond acceptors (Lipinski definition) is 2. The number of alkyl halides is 1. The van der Waals surface area contributed by atoms with E-state index in [2.05, 4.69) is 5.32 Å². The summed E-state index contributed by atoms with van der Waals surface area (Å²) in [6, 6.07) is -0.162. The third-order valence-electron chi connectivity index (χ3n) is 1.97. The Kier molecular flexibility index (Phi) is 3.09. The maximum Gasteiger partial charge on any atom is 0.217 e. The van der Waals surface area contributed by atoms with Gasteiger partial charge >= 0.3 is 0 Å². The molecule has 0 bridgehead atoms. The van der Waals surface area contributed by atoms with Crippen molar-refractivity contribution in [3.05, 3.63) is 0 Å². The fraction of sp³-hybridized carbons (Fsp3) is 0.750. The quantitative estimate of drug-likeness (QED) is 0.622. The van der Waals surface area contributed by atoms with Gasteiger partial charge in [0.1, 0.15) is 5.78 Å². The van der Waals surface area contributed by atoms with Crippen LogP contribution < -0.4 is 5.32 Å². The van der Waals surface area contributed by atoms with Crippen LogP contribution in [0.25, 0.3) is 0 Å². The molecule has 1 saturated carbocycles. The van der Waals surface area contributed by atoms with E-state index in [0.29, 0.717) is 19.3 Å². The molecule has 0 heterocycles. The Bertz CT molecular complexity index is 203. The van der Waals surface area contributed by atoms with Gasteiger partial charge in [-0.25, -0.2) is 0 Å². The zero-order chi connectivity index (χ0) is 9.14. The first kappa shape index (κ1) is 9.52. The Hall–Kier alpha value is -0.570. The minimum Gasteiger partial charge on any atom is -0.352 e. The number of amides is 1. The van der Waals surface area contributed by atoms with Gasteiger partial charge in [0.25, 0.3) is 0 Å². The van der Waals surface area contributed by atoms with Crippen LogP contribution in [0.4, 0.5) is 0 Å². The molecule has 0 saturated heterocycles. The van der Waals surface area contributed by atoms with E-state index in [4.69, 9.17) is 11.6 Å². The Morgan fingerprint density at radius 2 is 2.33 bits per heavy atom. The predicted octanol–water partition coefficient (Wildman–Crippen LogP) is 0.851. The third kappa shape index (κ3) is 2.48. The molecule has 1 fully saturated rings. The minimum atomic E-state index is -0.162. The van der Waals surface area contributed by atoms with E-state index in [-0.39, 0.29) is 23.1 Å². The molecule has 1 amide bonds. The van der Waals surface area contributed by atoms with Crippen molar-refractivity contribution in [1.29, 1.82) is 0 Å². The Morgan fingerprint density at radius 1 is 1.67 bits per heavy atom. The summed E-state index contributed by atoms with van der Waals surface area (Å²) < 4.78 is 0. The monoisotopic (exact) mass is 189 g/mol. The van der Waals surface area contributed by atoms with E-state index in [0.717, 1.165) is 0 Å². The average molecular weight is 190 g/mol. The second-order valence-corrected chi connectivity index (χ2v) is 3.67. The lowest BCUT2D eigenvalue weighted by molar-refractivity contribution is -0.122. The Labute approximate surface area is 76.5 Å². The van der Waals surface area contributed by atoms with Gasteiger partial charge in [0.05, 0.1) is 11.4 Å². The average Bonchev–Trinajstić information content (AvgIpc) is 1.96. The van der Waals surface area contributed by atoms with E-state index < -0.39 is 0 Å². The molecule has 0 aliphatic heterocycles. The van der Waals surface area contributed by atoms with Crippen molar-refractivity contribution in [2.75, 3.05) is 0 Å². The summed E-state index contributed by atoms with van der Waals surface area (Å²) in [6.07, 6.45) is 1.60. The molecular weight excluding hydrogens is 178 g/mol. The first-order chi connectivity index (χ1) is 5.59. The van der Waals surface area contributed by atoms with Gasteiger partial charge in [-0.1, -0.05) is 0 Å². The highest BCUT2D eigenvalue weighted by molar-refractivity contribution is 6.21. The summed E-state index contributed by atoms with van der Waals surface area (Å²) in [5.74, 6) is 0.0611. The fourth-order valence-electron chi connectivity index (χ4n) is 1.38. The molecule has 12 heavy (non-hydrogen) atoms. The highest BCUT2D eigenvalue weighted by atomic mass is 35.5.